The molecule has 0 bridgehead atoms. The van der Waals surface area contributed by atoms with Crippen molar-refractivity contribution < 1.29 is 53.8 Å². The van der Waals surface area contributed by atoms with Crippen LogP contribution in [0.4, 0.5) is 0 Å². The minimum atomic E-state index is -1.42. The lowest BCUT2D eigenvalue weighted by Gasteiger charge is -2.12. The molecule has 0 aliphatic heterocycles. The van der Waals surface area contributed by atoms with Gasteiger partial charge in [0, 0.05) is 0 Å². The Labute approximate surface area is 232 Å². The van der Waals surface area contributed by atoms with Crippen LogP contribution in [0.2, 0.25) is 0 Å². The van der Waals surface area contributed by atoms with E-state index >= 15 is 0 Å². The number of hydrogen-bond acceptors (Lipinski definition) is 9. The summed E-state index contributed by atoms with van der Waals surface area (Å²) in [5.41, 5.74) is -0.150. The van der Waals surface area contributed by atoms with Crippen molar-refractivity contribution >= 4 is 23.9 Å². The van der Waals surface area contributed by atoms with Gasteiger partial charge in [0.05, 0.1) is 22.3 Å². The summed E-state index contributed by atoms with van der Waals surface area (Å²) in [4.78, 5) is 48.9. The third-order valence-corrected chi connectivity index (χ3v) is 5.73. The lowest BCUT2D eigenvalue weighted by Crippen LogP contribution is -2.12. The van der Waals surface area contributed by atoms with Crippen molar-refractivity contribution in [2.75, 3.05) is 0 Å². The van der Waals surface area contributed by atoms with E-state index in [2.05, 4.69) is 0 Å². The number of phenols is 2. The van der Waals surface area contributed by atoms with Crippen molar-refractivity contribution in [1.29, 1.82) is 0 Å². The number of aromatic hydroxyl groups is 2. The molecule has 4 N–H and O–H groups in total. The summed E-state index contributed by atoms with van der Waals surface area (Å²) in [7, 11) is 0. The molecule has 4 rings (SSSR count). The molecule has 0 radical (unpaired) electrons. The molecule has 0 aliphatic carbocycles. The highest BCUT2D eigenvalue weighted by molar-refractivity contribution is 6.03. The molecule has 0 saturated carbocycles. The first-order valence-electron chi connectivity index (χ1n) is 11.9. The van der Waals surface area contributed by atoms with Crippen molar-refractivity contribution in [3.63, 3.8) is 0 Å². The van der Waals surface area contributed by atoms with Gasteiger partial charge >= 0.3 is 23.9 Å². The lowest BCUT2D eigenvalue weighted by molar-refractivity contribution is 0.0457. The fraction of sp³-hybridized carbons (Fsp3) is 0.0667. The van der Waals surface area contributed by atoms with Crippen molar-refractivity contribution in [2.24, 2.45) is 0 Å². The van der Waals surface area contributed by atoms with Gasteiger partial charge in [-0.15, -0.1) is 0 Å². The van der Waals surface area contributed by atoms with Gasteiger partial charge in [0.15, 0.2) is 0 Å². The first kappa shape index (κ1) is 28.2. The van der Waals surface area contributed by atoms with Crippen LogP contribution in [0, 0.1) is 0 Å². The largest absolute Gasteiger partial charge is 0.508 e. The molecule has 0 unspecified atom stereocenters. The zero-order chi connectivity index (χ0) is 29.5. The molecule has 0 atom stereocenters. The van der Waals surface area contributed by atoms with Crippen LogP contribution in [-0.2, 0) is 22.7 Å². The molecule has 11 heteroatoms. The molecule has 0 spiro atoms. The number of ether oxygens (including phenoxy) is 3. The summed E-state index contributed by atoms with van der Waals surface area (Å²) in [5, 5.41) is 37.9. The average Bonchev–Trinajstić information content (AvgIpc) is 2.96. The van der Waals surface area contributed by atoms with E-state index in [-0.39, 0.29) is 52.9 Å². The zero-order valence-corrected chi connectivity index (χ0v) is 21.1. The highest BCUT2D eigenvalue weighted by Crippen LogP contribution is 2.28. The van der Waals surface area contributed by atoms with Gasteiger partial charge in [-0.3, -0.25) is 0 Å². The van der Waals surface area contributed by atoms with E-state index in [0.29, 0.717) is 11.1 Å². The fourth-order valence-corrected chi connectivity index (χ4v) is 3.66. The predicted molar refractivity (Wildman–Crippen MR) is 141 cm³/mol. The number of carboxylic acids is 2. The van der Waals surface area contributed by atoms with E-state index in [4.69, 9.17) is 14.2 Å². The van der Waals surface area contributed by atoms with Crippen LogP contribution in [0.15, 0.2) is 84.9 Å². The number of hydrogen-bond donors (Lipinski definition) is 4. The molecule has 0 fully saturated rings. The fourth-order valence-electron chi connectivity index (χ4n) is 3.66. The molecule has 11 nitrogen and oxygen atoms in total. The summed E-state index contributed by atoms with van der Waals surface area (Å²) in [6.45, 7) is -0.340. The van der Waals surface area contributed by atoms with E-state index < -0.39 is 29.4 Å². The quantitative estimate of drug-likeness (QED) is 0.193. The number of esters is 2. The Hall–Kier alpha value is -5.84. The predicted octanol–water partition coefficient (Wildman–Crippen LogP) is 5.00. The molecule has 4 aromatic carbocycles. The molecule has 41 heavy (non-hydrogen) atoms. The van der Waals surface area contributed by atoms with Crippen LogP contribution in [0.1, 0.15) is 52.6 Å². The molecule has 0 heterocycles. The Balaban J connectivity index is 1.51. The van der Waals surface area contributed by atoms with Gasteiger partial charge < -0.3 is 34.6 Å². The second-order valence-corrected chi connectivity index (χ2v) is 8.61. The van der Waals surface area contributed by atoms with Gasteiger partial charge in [0.2, 0.25) is 0 Å². The van der Waals surface area contributed by atoms with Gasteiger partial charge in [0.1, 0.15) is 36.2 Å². The molecule has 208 valence electrons. The maximum Gasteiger partial charge on any atom is 0.339 e. The second-order valence-electron chi connectivity index (χ2n) is 8.61. The lowest BCUT2D eigenvalue weighted by atomic mass is 10.1. The van der Waals surface area contributed by atoms with Gasteiger partial charge in [-0.05, 0) is 71.8 Å². The topological polar surface area (TPSA) is 177 Å². The van der Waals surface area contributed by atoms with Crippen LogP contribution in [-0.4, -0.2) is 44.3 Å². The second kappa shape index (κ2) is 12.3. The SMILES string of the molecule is O=C(O)c1cc(Oc2ccc(C(=O)O)c(C(=O)OCc3ccc(O)cc3)c2)ccc1C(=O)OCc1ccc(O)cc1. The highest BCUT2D eigenvalue weighted by atomic mass is 16.5. The summed E-state index contributed by atoms with van der Waals surface area (Å²) < 4.78 is 16.1. The number of benzene rings is 4. The number of carbonyl (C=O) groups is 4. The molecule has 0 aliphatic rings. The minimum absolute atomic E-state index is 0.00517. The summed E-state index contributed by atoms with van der Waals surface area (Å²) >= 11 is 0. The minimum Gasteiger partial charge on any atom is -0.508 e. The van der Waals surface area contributed by atoms with Crippen LogP contribution < -0.4 is 4.74 Å². The number of carboxylic acid groups (broad SMARTS) is 2. The third-order valence-electron chi connectivity index (χ3n) is 5.73. The Morgan fingerprint density at radius 2 is 0.927 bits per heavy atom. The molecule has 0 amide bonds. The standard InChI is InChI=1S/C30H22O11/c31-19-5-1-17(2-6-19)15-39-29(37)24-12-10-21(13-25(24)28(35)36)41-22-9-11-23(27(33)34)26(14-22)30(38)40-16-18-3-7-20(32)8-4-18/h1-14,31-32H,15-16H2,(H,33,34)(H,35,36). The van der Waals surface area contributed by atoms with E-state index in [0.717, 1.165) is 18.2 Å². The summed E-state index contributed by atoms with van der Waals surface area (Å²) in [6.07, 6.45) is 0. The number of aromatic carboxylic acids is 2. The third kappa shape index (κ3) is 7.18. The Morgan fingerprint density at radius 3 is 1.39 bits per heavy atom. The van der Waals surface area contributed by atoms with E-state index in [1.54, 1.807) is 12.1 Å². The Kier molecular flexibility index (Phi) is 8.48. The van der Waals surface area contributed by atoms with Crippen LogP contribution in [0.5, 0.6) is 23.0 Å². The number of carbonyl (C=O) groups excluding carboxylic acids is 2. The summed E-state index contributed by atoms with van der Waals surface area (Å²) in [5.74, 6) is -4.58. The van der Waals surface area contributed by atoms with Crippen LogP contribution in [0.25, 0.3) is 0 Å². The van der Waals surface area contributed by atoms with Gasteiger partial charge in [-0.2, -0.15) is 0 Å². The monoisotopic (exact) mass is 558 g/mol. The van der Waals surface area contributed by atoms with Crippen molar-refractivity contribution in [3.05, 3.63) is 118 Å². The van der Waals surface area contributed by atoms with Gasteiger partial charge in [-0.1, -0.05) is 24.3 Å². The zero-order valence-electron chi connectivity index (χ0n) is 21.1. The first-order chi connectivity index (χ1) is 19.6. The molecular weight excluding hydrogens is 536 g/mol. The van der Waals surface area contributed by atoms with Crippen LogP contribution >= 0.6 is 0 Å². The maximum absolute atomic E-state index is 12.7. The van der Waals surface area contributed by atoms with Crippen molar-refractivity contribution in [2.45, 2.75) is 13.2 Å². The molecule has 4 aromatic rings. The number of phenolic OH excluding ortho intramolecular Hbond substituents is 2. The smallest absolute Gasteiger partial charge is 0.339 e. The van der Waals surface area contributed by atoms with E-state index in [1.807, 2.05) is 0 Å². The Morgan fingerprint density at radius 1 is 0.512 bits per heavy atom. The van der Waals surface area contributed by atoms with Gasteiger partial charge in [0.25, 0.3) is 0 Å². The average molecular weight is 558 g/mol. The Bertz CT molecular complexity index is 1610. The maximum atomic E-state index is 12.7. The normalized spacial score (nSPS) is 10.4. The van der Waals surface area contributed by atoms with Crippen molar-refractivity contribution in [3.8, 4) is 23.0 Å². The molecular formula is C30H22O11. The molecule has 0 saturated heterocycles. The van der Waals surface area contributed by atoms with Gasteiger partial charge in [-0.25, -0.2) is 19.2 Å². The van der Waals surface area contributed by atoms with E-state index in [1.165, 1.54) is 54.6 Å². The van der Waals surface area contributed by atoms with E-state index in [9.17, 15) is 39.6 Å². The number of rotatable bonds is 10. The highest BCUT2D eigenvalue weighted by Gasteiger charge is 2.22. The van der Waals surface area contributed by atoms with Crippen LogP contribution in [0.3, 0.4) is 0 Å². The summed E-state index contributed by atoms with van der Waals surface area (Å²) in [6, 6.07) is 19.0. The molecule has 0 aromatic heterocycles. The van der Waals surface area contributed by atoms with Crippen molar-refractivity contribution in [1.82, 2.24) is 0 Å². The first-order valence-corrected chi connectivity index (χ1v) is 11.9.